The van der Waals surface area contributed by atoms with Crippen molar-refractivity contribution in [2.75, 3.05) is 6.61 Å². The number of hydrogen-bond donors (Lipinski definition) is 3. The highest BCUT2D eigenvalue weighted by atomic mass is 16.5. The molecule has 0 aliphatic carbocycles. The molecule has 0 aromatic heterocycles. The third kappa shape index (κ3) is 5.48. The maximum absolute atomic E-state index is 11.6. The van der Waals surface area contributed by atoms with E-state index in [1.54, 1.807) is 6.92 Å². The number of carbonyl (C=O) groups excluding carboxylic acids is 1. The van der Waals surface area contributed by atoms with Gasteiger partial charge in [0.25, 0.3) is 0 Å². The van der Waals surface area contributed by atoms with Crippen LogP contribution in [0.25, 0.3) is 0 Å². The van der Waals surface area contributed by atoms with Crippen molar-refractivity contribution in [2.45, 2.75) is 46.4 Å². The molecule has 0 saturated heterocycles. The monoisotopic (exact) mass is 280 g/mol. The van der Waals surface area contributed by atoms with Gasteiger partial charge in [-0.15, -0.1) is 0 Å². The Bertz CT molecular complexity index is 447. The lowest BCUT2D eigenvalue weighted by molar-refractivity contribution is 0.219. The molecule has 0 spiro atoms. The number of hydrogen-bond acceptors (Lipinski definition) is 3. The third-order valence-corrected chi connectivity index (χ3v) is 2.68. The van der Waals surface area contributed by atoms with Gasteiger partial charge in [0, 0.05) is 12.1 Å². The molecule has 112 valence electrons. The molecular formula is C15H24N2O3. The number of aliphatic hydroxyl groups is 1. The number of rotatable bonds is 6. The summed E-state index contributed by atoms with van der Waals surface area (Å²) in [6.07, 6.45) is 0.0822. The number of aliphatic hydroxyl groups excluding tert-OH is 1. The predicted octanol–water partition coefficient (Wildman–Crippen LogP) is 1.96. The highest BCUT2D eigenvalue weighted by molar-refractivity contribution is 5.74. The van der Waals surface area contributed by atoms with Crippen LogP contribution in [0.3, 0.4) is 0 Å². The van der Waals surface area contributed by atoms with Gasteiger partial charge in [0.2, 0.25) is 0 Å². The first-order valence-electron chi connectivity index (χ1n) is 6.83. The minimum atomic E-state index is -0.303. The minimum Gasteiger partial charge on any atom is -0.491 e. The van der Waals surface area contributed by atoms with E-state index < -0.39 is 0 Å². The lowest BCUT2D eigenvalue weighted by Gasteiger charge is -2.16. The maximum atomic E-state index is 11.6. The maximum Gasteiger partial charge on any atom is 0.315 e. The molecule has 0 heterocycles. The summed E-state index contributed by atoms with van der Waals surface area (Å²) in [5.41, 5.74) is 2.04. The molecule has 0 bridgehead atoms. The molecule has 1 unspecified atom stereocenters. The van der Waals surface area contributed by atoms with Crippen molar-refractivity contribution in [3.8, 4) is 5.75 Å². The SMILES string of the molecule is Cc1ccc(CNC(=O)NC(C)CO)c(OC(C)C)c1. The lowest BCUT2D eigenvalue weighted by Crippen LogP contribution is -2.42. The molecule has 5 heteroatoms. The summed E-state index contributed by atoms with van der Waals surface area (Å²) in [5, 5.41) is 14.3. The zero-order valence-electron chi connectivity index (χ0n) is 12.6. The fourth-order valence-electron chi connectivity index (χ4n) is 1.67. The van der Waals surface area contributed by atoms with Gasteiger partial charge in [-0.3, -0.25) is 0 Å². The van der Waals surface area contributed by atoms with Gasteiger partial charge >= 0.3 is 6.03 Å². The summed E-state index contributed by atoms with van der Waals surface area (Å²) >= 11 is 0. The predicted molar refractivity (Wildman–Crippen MR) is 78.9 cm³/mol. The summed E-state index contributed by atoms with van der Waals surface area (Å²) in [7, 11) is 0. The van der Waals surface area contributed by atoms with Crippen molar-refractivity contribution >= 4 is 6.03 Å². The normalized spacial score (nSPS) is 12.1. The van der Waals surface area contributed by atoms with Gasteiger partial charge in [-0.1, -0.05) is 12.1 Å². The van der Waals surface area contributed by atoms with Gasteiger partial charge in [-0.25, -0.2) is 4.79 Å². The molecule has 0 radical (unpaired) electrons. The number of amides is 2. The van der Waals surface area contributed by atoms with E-state index in [0.717, 1.165) is 16.9 Å². The van der Waals surface area contributed by atoms with Crippen molar-refractivity contribution in [2.24, 2.45) is 0 Å². The standard InChI is InChI=1S/C15H24N2O3/c1-10(2)20-14-7-11(3)5-6-13(14)8-16-15(19)17-12(4)9-18/h5-7,10,12,18H,8-9H2,1-4H3,(H2,16,17,19). The van der Waals surface area contributed by atoms with Gasteiger partial charge in [0.15, 0.2) is 0 Å². The smallest absolute Gasteiger partial charge is 0.315 e. The van der Waals surface area contributed by atoms with Crippen molar-refractivity contribution in [3.63, 3.8) is 0 Å². The molecule has 1 rings (SSSR count). The number of nitrogens with one attached hydrogen (secondary N) is 2. The Kier molecular flexibility index (Phi) is 6.31. The van der Waals surface area contributed by atoms with E-state index in [2.05, 4.69) is 10.6 Å². The highest BCUT2D eigenvalue weighted by Gasteiger charge is 2.09. The zero-order chi connectivity index (χ0) is 15.1. The third-order valence-electron chi connectivity index (χ3n) is 2.68. The summed E-state index contributed by atoms with van der Waals surface area (Å²) in [6.45, 7) is 7.97. The topological polar surface area (TPSA) is 70.6 Å². The van der Waals surface area contributed by atoms with Crippen LogP contribution < -0.4 is 15.4 Å². The van der Waals surface area contributed by atoms with Crippen molar-refractivity contribution in [1.29, 1.82) is 0 Å². The fourth-order valence-corrected chi connectivity index (χ4v) is 1.67. The summed E-state index contributed by atoms with van der Waals surface area (Å²) in [6, 6.07) is 5.33. The number of ether oxygens (including phenoxy) is 1. The van der Waals surface area contributed by atoms with Gasteiger partial charge in [0.1, 0.15) is 5.75 Å². The molecule has 1 aromatic carbocycles. The summed E-state index contributed by atoms with van der Waals surface area (Å²) < 4.78 is 5.75. The van der Waals surface area contributed by atoms with Gasteiger partial charge < -0.3 is 20.5 Å². The Hall–Kier alpha value is -1.75. The van der Waals surface area contributed by atoms with Crippen LogP contribution in [0.5, 0.6) is 5.75 Å². The Morgan fingerprint density at radius 1 is 1.35 bits per heavy atom. The first kappa shape index (κ1) is 16.3. The number of benzene rings is 1. The summed E-state index contributed by atoms with van der Waals surface area (Å²) in [5.74, 6) is 0.788. The van der Waals surface area contributed by atoms with E-state index in [1.165, 1.54) is 0 Å². The molecular weight excluding hydrogens is 256 g/mol. The highest BCUT2D eigenvalue weighted by Crippen LogP contribution is 2.21. The molecule has 1 aromatic rings. The fraction of sp³-hybridized carbons (Fsp3) is 0.533. The first-order valence-corrected chi connectivity index (χ1v) is 6.83. The largest absolute Gasteiger partial charge is 0.491 e. The quantitative estimate of drug-likeness (QED) is 0.746. The molecule has 3 N–H and O–H groups in total. The van der Waals surface area contributed by atoms with Crippen LogP contribution in [-0.4, -0.2) is 29.9 Å². The average Bonchev–Trinajstić information content (AvgIpc) is 2.37. The average molecular weight is 280 g/mol. The minimum absolute atomic E-state index is 0.0822. The molecule has 5 nitrogen and oxygen atoms in total. The van der Waals surface area contributed by atoms with Crippen LogP contribution in [0.2, 0.25) is 0 Å². The van der Waals surface area contributed by atoms with Crippen LogP contribution in [0.4, 0.5) is 4.79 Å². The second-order valence-corrected chi connectivity index (χ2v) is 5.19. The number of urea groups is 1. The van der Waals surface area contributed by atoms with Crippen LogP contribution >= 0.6 is 0 Å². The van der Waals surface area contributed by atoms with Crippen LogP contribution in [-0.2, 0) is 6.54 Å². The summed E-state index contributed by atoms with van der Waals surface area (Å²) in [4.78, 5) is 11.6. The van der Waals surface area contributed by atoms with Crippen molar-refractivity contribution in [1.82, 2.24) is 10.6 Å². The van der Waals surface area contributed by atoms with E-state index >= 15 is 0 Å². The second-order valence-electron chi connectivity index (χ2n) is 5.19. The van der Waals surface area contributed by atoms with Crippen LogP contribution in [0.15, 0.2) is 18.2 Å². The molecule has 0 saturated carbocycles. The molecule has 20 heavy (non-hydrogen) atoms. The molecule has 1 atom stereocenters. The number of carbonyl (C=O) groups is 1. The lowest BCUT2D eigenvalue weighted by atomic mass is 10.1. The van der Waals surface area contributed by atoms with E-state index in [4.69, 9.17) is 9.84 Å². The van der Waals surface area contributed by atoms with E-state index in [-0.39, 0.29) is 24.8 Å². The Labute approximate surface area is 120 Å². The Balaban J connectivity index is 2.65. The Morgan fingerprint density at radius 2 is 2.05 bits per heavy atom. The van der Waals surface area contributed by atoms with Crippen LogP contribution in [0, 0.1) is 6.92 Å². The molecule has 0 aliphatic heterocycles. The Morgan fingerprint density at radius 3 is 2.65 bits per heavy atom. The first-order chi connectivity index (χ1) is 9.42. The molecule has 0 fully saturated rings. The molecule has 2 amide bonds. The van der Waals surface area contributed by atoms with Gasteiger partial charge in [-0.05, 0) is 39.3 Å². The van der Waals surface area contributed by atoms with E-state index in [1.807, 2.05) is 39.0 Å². The molecule has 0 aliphatic rings. The van der Waals surface area contributed by atoms with Crippen molar-refractivity contribution in [3.05, 3.63) is 29.3 Å². The number of aryl methyl sites for hydroxylation is 1. The van der Waals surface area contributed by atoms with Crippen LogP contribution in [0.1, 0.15) is 31.9 Å². The van der Waals surface area contributed by atoms with E-state index in [0.29, 0.717) is 6.54 Å². The van der Waals surface area contributed by atoms with Gasteiger partial charge in [-0.2, -0.15) is 0 Å². The van der Waals surface area contributed by atoms with Gasteiger partial charge in [0.05, 0.1) is 18.8 Å². The van der Waals surface area contributed by atoms with Crippen molar-refractivity contribution < 1.29 is 14.6 Å². The zero-order valence-corrected chi connectivity index (χ0v) is 12.6. The second kappa shape index (κ2) is 7.75. The van der Waals surface area contributed by atoms with E-state index in [9.17, 15) is 4.79 Å².